The van der Waals surface area contributed by atoms with E-state index in [1.807, 2.05) is 32.0 Å². The SMILES string of the molecule is CCCCOC(=O)c1cccc(NC(=O)/C=C/c2ccc(OCCC)c(OC)c2)c1. The third-order valence-electron chi connectivity index (χ3n) is 4.17. The fourth-order valence-corrected chi connectivity index (χ4v) is 2.59. The van der Waals surface area contributed by atoms with Gasteiger partial charge in [0.05, 0.1) is 25.9 Å². The molecule has 6 heteroatoms. The van der Waals surface area contributed by atoms with Crippen molar-refractivity contribution >= 4 is 23.6 Å². The number of methoxy groups -OCH3 is 1. The molecule has 0 saturated heterocycles. The minimum absolute atomic E-state index is 0.309. The summed E-state index contributed by atoms with van der Waals surface area (Å²) in [5, 5.41) is 2.75. The van der Waals surface area contributed by atoms with Crippen molar-refractivity contribution in [2.75, 3.05) is 25.6 Å². The van der Waals surface area contributed by atoms with E-state index in [9.17, 15) is 9.59 Å². The van der Waals surface area contributed by atoms with Gasteiger partial charge in [-0.2, -0.15) is 0 Å². The average Bonchev–Trinajstić information content (AvgIpc) is 2.76. The van der Waals surface area contributed by atoms with Gasteiger partial charge in [-0.3, -0.25) is 4.79 Å². The number of carbonyl (C=O) groups is 2. The van der Waals surface area contributed by atoms with Crippen LogP contribution in [0.1, 0.15) is 49.0 Å². The zero-order chi connectivity index (χ0) is 21.8. The standard InChI is InChI=1S/C24H29NO5/c1-4-6-15-30-24(27)19-8-7-9-20(17-19)25-23(26)13-11-18-10-12-21(29-14-5-2)22(16-18)28-3/h7-13,16-17H,4-6,14-15H2,1-3H3,(H,25,26)/b13-11+. The van der Waals surface area contributed by atoms with E-state index in [1.165, 1.54) is 6.08 Å². The first-order chi connectivity index (χ1) is 14.6. The summed E-state index contributed by atoms with van der Waals surface area (Å²) in [4.78, 5) is 24.3. The molecule has 30 heavy (non-hydrogen) atoms. The normalized spacial score (nSPS) is 10.6. The predicted molar refractivity (Wildman–Crippen MR) is 118 cm³/mol. The molecule has 0 spiro atoms. The lowest BCUT2D eigenvalue weighted by Gasteiger charge is -2.10. The van der Waals surface area contributed by atoms with Gasteiger partial charge in [-0.15, -0.1) is 0 Å². The van der Waals surface area contributed by atoms with Gasteiger partial charge in [-0.05, 0) is 54.8 Å². The Labute approximate surface area is 177 Å². The molecule has 1 N–H and O–H groups in total. The molecule has 0 aromatic heterocycles. The van der Waals surface area contributed by atoms with Crippen LogP contribution in [-0.4, -0.2) is 32.2 Å². The van der Waals surface area contributed by atoms with Crippen molar-refractivity contribution in [1.29, 1.82) is 0 Å². The fraction of sp³-hybridized carbons (Fsp3) is 0.333. The smallest absolute Gasteiger partial charge is 0.338 e. The number of benzene rings is 2. The summed E-state index contributed by atoms with van der Waals surface area (Å²) in [6.45, 7) is 5.06. The molecule has 0 radical (unpaired) electrons. The third kappa shape index (κ3) is 7.28. The van der Waals surface area contributed by atoms with Crippen LogP contribution in [0.3, 0.4) is 0 Å². The van der Waals surface area contributed by atoms with E-state index >= 15 is 0 Å². The van der Waals surface area contributed by atoms with Crippen LogP contribution in [0.25, 0.3) is 6.08 Å². The van der Waals surface area contributed by atoms with Crippen molar-refractivity contribution in [2.45, 2.75) is 33.1 Å². The van der Waals surface area contributed by atoms with Gasteiger partial charge in [0.15, 0.2) is 11.5 Å². The van der Waals surface area contributed by atoms with Gasteiger partial charge in [-0.1, -0.05) is 32.4 Å². The van der Waals surface area contributed by atoms with Crippen molar-refractivity contribution in [3.05, 3.63) is 59.7 Å². The Morgan fingerprint density at radius 3 is 2.57 bits per heavy atom. The molecule has 2 aromatic rings. The molecular weight excluding hydrogens is 382 g/mol. The van der Waals surface area contributed by atoms with Crippen LogP contribution in [-0.2, 0) is 9.53 Å². The summed E-state index contributed by atoms with van der Waals surface area (Å²) in [7, 11) is 1.58. The average molecular weight is 411 g/mol. The number of nitrogens with one attached hydrogen (secondary N) is 1. The maximum Gasteiger partial charge on any atom is 0.338 e. The van der Waals surface area contributed by atoms with Crippen LogP contribution in [0.15, 0.2) is 48.5 Å². The van der Waals surface area contributed by atoms with Crippen LogP contribution in [0, 0.1) is 0 Å². The maximum atomic E-state index is 12.3. The van der Waals surface area contributed by atoms with Gasteiger partial charge in [0, 0.05) is 11.8 Å². The summed E-state index contributed by atoms with van der Waals surface area (Å²) in [6, 6.07) is 12.2. The number of amides is 1. The van der Waals surface area contributed by atoms with E-state index in [2.05, 4.69) is 5.32 Å². The van der Waals surface area contributed by atoms with Gasteiger partial charge in [-0.25, -0.2) is 4.79 Å². The van der Waals surface area contributed by atoms with Crippen molar-refractivity contribution in [2.24, 2.45) is 0 Å². The molecule has 0 aliphatic rings. The highest BCUT2D eigenvalue weighted by molar-refractivity contribution is 6.02. The molecule has 0 fully saturated rings. The van der Waals surface area contributed by atoms with Gasteiger partial charge in [0.1, 0.15) is 0 Å². The molecular formula is C24H29NO5. The number of anilines is 1. The van der Waals surface area contributed by atoms with E-state index in [0.717, 1.165) is 24.8 Å². The highest BCUT2D eigenvalue weighted by Crippen LogP contribution is 2.28. The van der Waals surface area contributed by atoms with Crippen LogP contribution in [0.2, 0.25) is 0 Å². The van der Waals surface area contributed by atoms with Gasteiger partial charge < -0.3 is 19.5 Å². The molecule has 160 valence electrons. The minimum Gasteiger partial charge on any atom is -0.493 e. The Bertz CT molecular complexity index is 876. The van der Waals surface area contributed by atoms with E-state index in [1.54, 1.807) is 37.5 Å². The maximum absolute atomic E-state index is 12.3. The molecule has 0 heterocycles. The Morgan fingerprint density at radius 2 is 1.83 bits per heavy atom. The number of carbonyl (C=O) groups excluding carboxylic acids is 2. The zero-order valence-electron chi connectivity index (χ0n) is 17.8. The third-order valence-corrected chi connectivity index (χ3v) is 4.17. The molecule has 0 atom stereocenters. The van der Waals surface area contributed by atoms with E-state index in [-0.39, 0.29) is 5.91 Å². The lowest BCUT2D eigenvalue weighted by atomic mass is 10.1. The Kier molecular flexibility index (Phi) is 9.45. The van der Waals surface area contributed by atoms with Crippen molar-refractivity contribution in [3.8, 4) is 11.5 Å². The number of rotatable bonds is 11. The number of hydrogen-bond donors (Lipinski definition) is 1. The quantitative estimate of drug-likeness (QED) is 0.317. The molecule has 2 rings (SSSR count). The highest BCUT2D eigenvalue weighted by atomic mass is 16.5. The molecule has 0 aliphatic heterocycles. The Hall–Kier alpha value is -3.28. The largest absolute Gasteiger partial charge is 0.493 e. The lowest BCUT2D eigenvalue weighted by molar-refractivity contribution is -0.111. The topological polar surface area (TPSA) is 73.9 Å². The Balaban J connectivity index is 1.99. The second kappa shape index (κ2) is 12.3. The summed E-state index contributed by atoms with van der Waals surface area (Å²) < 4.78 is 16.2. The number of ether oxygens (including phenoxy) is 3. The first-order valence-electron chi connectivity index (χ1n) is 10.1. The van der Waals surface area contributed by atoms with Crippen LogP contribution in [0.4, 0.5) is 5.69 Å². The Morgan fingerprint density at radius 1 is 1.00 bits per heavy atom. The highest BCUT2D eigenvalue weighted by Gasteiger charge is 2.09. The van der Waals surface area contributed by atoms with Crippen LogP contribution >= 0.6 is 0 Å². The monoisotopic (exact) mass is 411 g/mol. The molecule has 0 bridgehead atoms. The van der Waals surface area contributed by atoms with E-state index in [4.69, 9.17) is 14.2 Å². The van der Waals surface area contributed by atoms with Crippen LogP contribution < -0.4 is 14.8 Å². The molecule has 2 aromatic carbocycles. The summed E-state index contributed by atoms with van der Waals surface area (Å²) in [6.07, 6.45) is 5.79. The van der Waals surface area contributed by atoms with Crippen molar-refractivity contribution in [1.82, 2.24) is 0 Å². The van der Waals surface area contributed by atoms with E-state index in [0.29, 0.717) is 36.0 Å². The minimum atomic E-state index is -0.396. The second-order valence-corrected chi connectivity index (χ2v) is 6.65. The molecule has 0 unspecified atom stereocenters. The van der Waals surface area contributed by atoms with E-state index < -0.39 is 5.97 Å². The molecule has 0 aliphatic carbocycles. The summed E-state index contributed by atoms with van der Waals surface area (Å²) in [5.74, 6) is 0.577. The van der Waals surface area contributed by atoms with Crippen molar-refractivity contribution in [3.63, 3.8) is 0 Å². The second-order valence-electron chi connectivity index (χ2n) is 6.65. The van der Waals surface area contributed by atoms with Gasteiger partial charge in [0.2, 0.25) is 5.91 Å². The number of esters is 1. The predicted octanol–water partition coefficient (Wildman–Crippen LogP) is 5.09. The van der Waals surface area contributed by atoms with Gasteiger partial charge >= 0.3 is 5.97 Å². The summed E-state index contributed by atoms with van der Waals surface area (Å²) >= 11 is 0. The zero-order valence-corrected chi connectivity index (χ0v) is 17.8. The molecule has 0 saturated carbocycles. The fourth-order valence-electron chi connectivity index (χ4n) is 2.59. The van der Waals surface area contributed by atoms with Crippen molar-refractivity contribution < 1.29 is 23.8 Å². The first-order valence-corrected chi connectivity index (χ1v) is 10.1. The lowest BCUT2D eigenvalue weighted by Crippen LogP contribution is -2.10. The van der Waals surface area contributed by atoms with Crippen LogP contribution in [0.5, 0.6) is 11.5 Å². The number of unbranched alkanes of at least 4 members (excludes halogenated alkanes) is 1. The van der Waals surface area contributed by atoms with Gasteiger partial charge in [0.25, 0.3) is 0 Å². The summed E-state index contributed by atoms with van der Waals surface area (Å²) in [5.41, 5.74) is 1.73. The molecule has 1 amide bonds. The number of hydrogen-bond acceptors (Lipinski definition) is 5. The first kappa shape index (κ1) is 23.0. The molecule has 6 nitrogen and oxygen atoms in total.